The lowest BCUT2D eigenvalue weighted by atomic mass is 10.1. The fraction of sp³-hybridized carbons (Fsp3) is 0.333. The third-order valence-corrected chi connectivity index (χ3v) is 3.36. The highest BCUT2D eigenvalue weighted by atomic mass is 16.5. The summed E-state index contributed by atoms with van der Waals surface area (Å²) in [4.78, 5) is 8.39. The summed E-state index contributed by atoms with van der Waals surface area (Å²) in [6.07, 6.45) is 6.54. The van der Waals surface area contributed by atoms with Crippen LogP contribution < -0.4 is 16.4 Å². The molecular formula is C15H18N5O. The van der Waals surface area contributed by atoms with Crippen molar-refractivity contribution < 1.29 is 4.74 Å². The zero-order chi connectivity index (χ0) is 14.5. The van der Waals surface area contributed by atoms with E-state index in [-0.39, 0.29) is 6.04 Å². The minimum atomic E-state index is 0.187. The van der Waals surface area contributed by atoms with Crippen LogP contribution in [0.4, 0.5) is 5.69 Å². The van der Waals surface area contributed by atoms with Crippen molar-refractivity contribution in [1.29, 1.82) is 0 Å². The molecule has 2 aliphatic heterocycles. The van der Waals surface area contributed by atoms with Crippen molar-refractivity contribution in [3.05, 3.63) is 42.1 Å². The first kappa shape index (κ1) is 13.5. The lowest BCUT2D eigenvalue weighted by Crippen LogP contribution is -2.32. The van der Waals surface area contributed by atoms with Crippen LogP contribution in [-0.4, -0.2) is 31.2 Å². The van der Waals surface area contributed by atoms with Gasteiger partial charge in [-0.05, 0) is 36.6 Å². The molecule has 0 saturated carbocycles. The Hall–Kier alpha value is -2.50. The predicted molar refractivity (Wildman–Crippen MR) is 83.0 cm³/mol. The van der Waals surface area contributed by atoms with E-state index in [4.69, 9.17) is 10.5 Å². The molecule has 2 heterocycles. The molecule has 0 bridgehead atoms. The van der Waals surface area contributed by atoms with Gasteiger partial charge in [0.05, 0.1) is 6.04 Å². The monoisotopic (exact) mass is 284 g/mol. The molecule has 1 aromatic carbocycles. The summed E-state index contributed by atoms with van der Waals surface area (Å²) in [6, 6.07) is 8.81. The summed E-state index contributed by atoms with van der Waals surface area (Å²) in [5.41, 5.74) is 7.78. The van der Waals surface area contributed by atoms with Crippen molar-refractivity contribution in [1.82, 2.24) is 5.32 Å². The molecule has 1 aromatic rings. The fourth-order valence-corrected chi connectivity index (χ4v) is 2.22. The molecule has 0 saturated heterocycles. The summed E-state index contributed by atoms with van der Waals surface area (Å²) < 4.78 is 5.15. The van der Waals surface area contributed by atoms with Gasteiger partial charge >= 0.3 is 0 Å². The number of nitrogens with one attached hydrogen (secondary N) is 2. The number of anilines is 1. The van der Waals surface area contributed by atoms with Crippen LogP contribution in [-0.2, 0) is 11.2 Å². The minimum absolute atomic E-state index is 0.187. The van der Waals surface area contributed by atoms with Crippen LogP contribution >= 0.6 is 0 Å². The number of hydrogen-bond donors (Lipinski definition) is 3. The number of benzene rings is 1. The molecule has 1 radical (unpaired) electrons. The third kappa shape index (κ3) is 3.75. The second-order valence-corrected chi connectivity index (χ2v) is 4.96. The molecule has 1 atom stereocenters. The van der Waals surface area contributed by atoms with Crippen LogP contribution in [0.2, 0.25) is 0 Å². The highest BCUT2D eigenvalue weighted by molar-refractivity contribution is 5.94. The first-order valence-electron chi connectivity index (χ1n) is 6.98. The molecule has 109 valence electrons. The largest absolute Gasteiger partial charge is 0.463 e. The summed E-state index contributed by atoms with van der Waals surface area (Å²) in [6.45, 7) is 1.28. The van der Waals surface area contributed by atoms with Gasteiger partial charge in [0.15, 0.2) is 0 Å². The third-order valence-electron chi connectivity index (χ3n) is 3.36. The molecule has 0 fully saturated rings. The van der Waals surface area contributed by atoms with Gasteiger partial charge in [-0.3, -0.25) is 0 Å². The van der Waals surface area contributed by atoms with Crippen LogP contribution in [0.15, 0.2) is 40.5 Å². The maximum Gasteiger partial charge on any atom is 0.282 e. The number of aryl methyl sites for hydroxylation is 1. The topological polar surface area (TPSA) is 84.0 Å². The summed E-state index contributed by atoms with van der Waals surface area (Å²) in [5, 5.41) is 6.32. The molecule has 6 nitrogen and oxygen atoms in total. The van der Waals surface area contributed by atoms with E-state index in [1.807, 2.05) is 12.1 Å². The van der Waals surface area contributed by atoms with Crippen LogP contribution in [0.1, 0.15) is 12.0 Å². The van der Waals surface area contributed by atoms with Gasteiger partial charge in [0, 0.05) is 18.4 Å². The van der Waals surface area contributed by atoms with Gasteiger partial charge in [0.2, 0.25) is 5.96 Å². The second-order valence-electron chi connectivity index (χ2n) is 4.96. The molecule has 0 amide bonds. The first-order valence-corrected chi connectivity index (χ1v) is 6.98. The molecule has 0 aromatic heterocycles. The van der Waals surface area contributed by atoms with E-state index in [2.05, 4.69) is 38.8 Å². The van der Waals surface area contributed by atoms with E-state index in [9.17, 15) is 0 Å². The van der Waals surface area contributed by atoms with E-state index < -0.39 is 0 Å². The van der Waals surface area contributed by atoms with Gasteiger partial charge in [0.1, 0.15) is 6.61 Å². The number of nitrogens with two attached hydrogens (primary N) is 1. The van der Waals surface area contributed by atoms with Crippen molar-refractivity contribution in [2.24, 2.45) is 15.7 Å². The normalized spacial score (nSPS) is 20.3. The zero-order valence-corrected chi connectivity index (χ0v) is 11.7. The van der Waals surface area contributed by atoms with Gasteiger partial charge in [0.25, 0.3) is 6.02 Å². The fourth-order valence-electron chi connectivity index (χ4n) is 2.22. The predicted octanol–water partition coefficient (Wildman–Crippen LogP) is 1.02. The first-order chi connectivity index (χ1) is 10.3. The Bertz CT molecular complexity index is 576. The van der Waals surface area contributed by atoms with Crippen LogP contribution in [0.3, 0.4) is 0 Å². The van der Waals surface area contributed by atoms with Crippen molar-refractivity contribution in [2.45, 2.75) is 18.9 Å². The van der Waals surface area contributed by atoms with Crippen molar-refractivity contribution in [2.75, 3.05) is 18.5 Å². The van der Waals surface area contributed by atoms with Crippen LogP contribution in [0, 0.1) is 6.08 Å². The van der Waals surface area contributed by atoms with E-state index in [1.165, 1.54) is 5.56 Å². The number of hydrogen-bond acceptors (Lipinski definition) is 6. The van der Waals surface area contributed by atoms with Gasteiger partial charge in [-0.1, -0.05) is 12.1 Å². The maximum absolute atomic E-state index is 5.50. The number of ether oxygens (including phenoxy) is 1. The van der Waals surface area contributed by atoms with Crippen molar-refractivity contribution >= 4 is 17.7 Å². The van der Waals surface area contributed by atoms with Gasteiger partial charge in [-0.25, -0.2) is 9.98 Å². The summed E-state index contributed by atoms with van der Waals surface area (Å²) >= 11 is 0. The molecule has 0 spiro atoms. The second kappa shape index (κ2) is 6.30. The number of rotatable bonds is 4. The Morgan fingerprint density at radius 3 is 2.90 bits per heavy atom. The van der Waals surface area contributed by atoms with Crippen LogP contribution in [0.5, 0.6) is 0 Å². The van der Waals surface area contributed by atoms with Gasteiger partial charge < -0.3 is 21.1 Å². The van der Waals surface area contributed by atoms with Crippen LogP contribution in [0.25, 0.3) is 0 Å². The average molecular weight is 284 g/mol. The number of amidine groups is 1. The molecule has 0 unspecified atom stereocenters. The molecular weight excluding hydrogens is 266 g/mol. The highest BCUT2D eigenvalue weighted by Gasteiger charge is 2.16. The lowest BCUT2D eigenvalue weighted by molar-refractivity contribution is 0.308. The number of guanidine groups is 1. The number of nitrogens with zero attached hydrogens (tertiary/aromatic N) is 2. The van der Waals surface area contributed by atoms with E-state index in [0.29, 0.717) is 19.2 Å². The molecule has 4 N–H and O–H groups in total. The minimum Gasteiger partial charge on any atom is -0.463 e. The molecule has 6 heteroatoms. The smallest absolute Gasteiger partial charge is 0.282 e. The quantitative estimate of drug-likeness (QED) is 0.771. The Labute approximate surface area is 123 Å². The standard InChI is InChI=1S/C15H18N5O/c16-14-19-13(10-21-14)7-4-11-2-5-12(6-3-11)20-15-17-8-1-9-18-15/h2-3,5-6,8,13H,4,7,9-10H2,(H2,16,19)(H2,17,18,20)/t13-/m0/s1. The lowest BCUT2D eigenvalue weighted by Gasteiger charge is -2.13. The molecule has 2 aliphatic rings. The maximum atomic E-state index is 5.50. The average Bonchev–Trinajstić information content (AvgIpc) is 2.93. The van der Waals surface area contributed by atoms with E-state index in [1.54, 1.807) is 6.20 Å². The Morgan fingerprint density at radius 1 is 1.38 bits per heavy atom. The van der Waals surface area contributed by atoms with Gasteiger partial charge in [-0.15, -0.1) is 0 Å². The SMILES string of the molecule is NC1=N[C@@H](CCc2ccc(NC3=NC=[C]CN3)cc2)CO1. The van der Waals surface area contributed by atoms with Crippen molar-refractivity contribution in [3.8, 4) is 0 Å². The zero-order valence-electron chi connectivity index (χ0n) is 11.7. The molecule has 21 heavy (non-hydrogen) atoms. The molecule has 3 rings (SSSR count). The van der Waals surface area contributed by atoms with Gasteiger partial charge in [-0.2, -0.15) is 0 Å². The highest BCUT2D eigenvalue weighted by Crippen LogP contribution is 2.14. The summed E-state index contributed by atoms with van der Waals surface area (Å²) in [7, 11) is 0. The summed E-state index contributed by atoms with van der Waals surface area (Å²) in [5.74, 6) is 0.745. The Balaban J connectivity index is 1.52. The van der Waals surface area contributed by atoms with E-state index in [0.717, 1.165) is 24.5 Å². The Kier molecular flexibility index (Phi) is 4.04. The number of aliphatic imine (C=N–C) groups is 2. The molecule has 0 aliphatic carbocycles. The van der Waals surface area contributed by atoms with E-state index >= 15 is 0 Å². The van der Waals surface area contributed by atoms with Crippen molar-refractivity contribution in [3.63, 3.8) is 0 Å². The Morgan fingerprint density at radius 2 is 2.24 bits per heavy atom.